The van der Waals surface area contributed by atoms with Crippen LogP contribution >= 0.6 is 0 Å². The fraction of sp³-hybridized carbons (Fsp3) is 0.588. The van der Waals surface area contributed by atoms with Crippen molar-refractivity contribution in [2.75, 3.05) is 26.2 Å². The minimum Gasteiger partial charge on any atom is -0.486 e. The lowest BCUT2D eigenvalue weighted by molar-refractivity contribution is 0.0902. The molecule has 2 fully saturated rings. The van der Waals surface area contributed by atoms with E-state index in [1.807, 2.05) is 19.1 Å². The first-order valence-corrected chi connectivity index (χ1v) is 8.14. The van der Waals surface area contributed by atoms with E-state index in [1.54, 1.807) is 6.07 Å². The molecule has 0 aromatic heterocycles. The number of ether oxygens (including phenoxy) is 2. The number of nitrogens with zero attached hydrogens (tertiary/aromatic N) is 1. The van der Waals surface area contributed by atoms with Crippen LogP contribution in [0.15, 0.2) is 18.2 Å². The van der Waals surface area contributed by atoms with Crippen molar-refractivity contribution in [1.82, 2.24) is 10.2 Å². The molecule has 2 bridgehead atoms. The van der Waals surface area contributed by atoms with E-state index in [4.69, 9.17) is 9.47 Å². The van der Waals surface area contributed by atoms with Gasteiger partial charge in [-0.1, -0.05) is 0 Å². The maximum absolute atomic E-state index is 12.5. The molecule has 22 heavy (non-hydrogen) atoms. The lowest BCUT2D eigenvalue weighted by Gasteiger charge is -2.30. The molecule has 0 saturated carbocycles. The Labute approximate surface area is 130 Å². The van der Waals surface area contributed by atoms with E-state index in [0.717, 1.165) is 24.6 Å². The molecule has 1 aromatic carbocycles. The highest BCUT2D eigenvalue weighted by molar-refractivity contribution is 5.95. The van der Waals surface area contributed by atoms with Crippen molar-refractivity contribution in [3.63, 3.8) is 0 Å². The molecule has 118 valence electrons. The Balaban J connectivity index is 1.45. The summed E-state index contributed by atoms with van der Waals surface area (Å²) >= 11 is 0. The molecule has 5 heteroatoms. The van der Waals surface area contributed by atoms with Crippen LogP contribution in [0.5, 0.6) is 11.5 Å². The smallest absolute Gasteiger partial charge is 0.251 e. The van der Waals surface area contributed by atoms with Crippen LogP contribution in [0.1, 0.15) is 30.1 Å². The van der Waals surface area contributed by atoms with Crippen LogP contribution in [0, 0.1) is 5.92 Å². The zero-order chi connectivity index (χ0) is 15.1. The molecule has 1 N–H and O–H groups in total. The first-order chi connectivity index (χ1) is 10.7. The van der Waals surface area contributed by atoms with Gasteiger partial charge in [-0.2, -0.15) is 0 Å². The van der Waals surface area contributed by atoms with E-state index in [1.165, 1.54) is 19.5 Å². The maximum atomic E-state index is 12.5. The van der Waals surface area contributed by atoms with Crippen molar-refractivity contribution in [2.24, 2.45) is 5.92 Å². The van der Waals surface area contributed by atoms with Gasteiger partial charge in [0.2, 0.25) is 0 Å². The topological polar surface area (TPSA) is 50.8 Å². The quantitative estimate of drug-likeness (QED) is 0.903. The van der Waals surface area contributed by atoms with Crippen molar-refractivity contribution in [3.05, 3.63) is 23.8 Å². The number of hydrogen-bond donors (Lipinski definition) is 1. The Morgan fingerprint density at radius 1 is 1.32 bits per heavy atom. The van der Waals surface area contributed by atoms with Crippen molar-refractivity contribution in [3.8, 4) is 11.5 Å². The van der Waals surface area contributed by atoms with Crippen LogP contribution in [0.4, 0.5) is 0 Å². The number of nitrogens with one attached hydrogen (secondary N) is 1. The molecule has 0 spiro atoms. The highest BCUT2D eigenvalue weighted by Gasteiger charge is 2.33. The van der Waals surface area contributed by atoms with E-state index in [-0.39, 0.29) is 18.1 Å². The van der Waals surface area contributed by atoms with E-state index in [0.29, 0.717) is 17.9 Å². The van der Waals surface area contributed by atoms with Gasteiger partial charge in [0.25, 0.3) is 5.91 Å². The third-order valence-corrected chi connectivity index (χ3v) is 4.81. The molecule has 0 radical (unpaired) electrons. The third-order valence-electron chi connectivity index (χ3n) is 4.81. The molecule has 3 aliphatic rings. The van der Waals surface area contributed by atoms with Crippen LogP contribution in [-0.4, -0.2) is 49.2 Å². The highest BCUT2D eigenvalue weighted by Crippen LogP contribution is 2.33. The number of carbonyl (C=O) groups is 1. The molecule has 4 atom stereocenters. The number of hydrogen-bond acceptors (Lipinski definition) is 4. The molecule has 2 saturated heterocycles. The Kier molecular flexibility index (Phi) is 3.45. The van der Waals surface area contributed by atoms with Crippen molar-refractivity contribution in [1.29, 1.82) is 0 Å². The average molecular weight is 302 g/mol. The zero-order valence-electron chi connectivity index (χ0n) is 12.9. The Morgan fingerprint density at radius 2 is 2.23 bits per heavy atom. The monoisotopic (exact) mass is 302 g/mol. The van der Waals surface area contributed by atoms with Crippen molar-refractivity contribution >= 4 is 5.91 Å². The summed E-state index contributed by atoms with van der Waals surface area (Å²) in [5.41, 5.74) is 0.643. The molecule has 0 aliphatic carbocycles. The summed E-state index contributed by atoms with van der Waals surface area (Å²) in [6.45, 7) is 5.87. The van der Waals surface area contributed by atoms with Gasteiger partial charge < -0.3 is 19.7 Å². The number of carbonyl (C=O) groups excluding carboxylic acids is 1. The Hall–Kier alpha value is -1.75. The number of amides is 1. The predicted octanol–water partition coefficient (Wildman–Crippen LogP) is 1.67. The number of piperidine rings is 1. The van der Waals surface area contributed by atoms with Crippen LogP contribution < -0.4 is 14.8 Å². The molecule has 1 amide bonds. The lowest BCUT2D eigenvalue weighted by atomic mass is 9.96. The Morgan fingerprint density at radius 3 is 3.09 bits per heavy atom. The fourth-order valence-electron chi connectivity index (χ4n) is 3.75. The molecular weight excluding hydrogens is 280 g/mol. The van der Waals surface area contributed by atoms with Crippen LogP contribution in [0.3, 0.4) is 0 Å². The summed E-state index contributed by atoms with van der Waals surface area (Å²) in [5, 5.41) is 3.18. The second-order valence-corrected chi connectivity index (χ2v) is 6.72. The second kappa shape index (κ2) is 5.47. The largest absolute Gasteiger partial charge is 0.486 e. The number of benzene rings is 1. The maximum Gasteiger partial charge on any atom is 0.251 e. The average Bonchev–Trinajstić information content (AvgIpc) is 2.85. The van der Waals surface area contributed by atoms with Crippen LogP contribution in [0.2, 0.25) is 0 Å². The van der Waals surface area contributed by atoms with Gasteiger partial charge in [-0.25, -0.2) is 0 Å². The van der Waals surface area contributed by atoms with Crippen molar-refractivity contribution in [2.45, 2.75) is 31.9 Å². The van der Waals surface area contributed by atoms with Gasteiger partial charge in [0, 0.05) is 24.7 Å². The Bertz CT molecular complexity index is 577. The molecule has 1 unspecified atom stereocenters. The van der Waals surface area contributed by atoms with E-state index < -0.39 is 0 Å². The lowest BCUT2D eigenvalue weighted by Crippen LogP contribution is -2.47. The van der Waals surface area contributed by atoms with Gasteiger partial charge in [0.15, 0.2) is 11.5 Å². The normalized spacial score (nSPS) is 32.6. The van der Waals surface area contributed by atoms with Crippen molar-refractivity contribution < 1.29 is 14.3 Å². The summed E-state index contributed by atoms with van der Waals surface area (Å²) in [6.07, 6.45) is 2.39. The first-order valence-electron chi connectivity index (χ1n) is 8.14. The van der Waals surface area contributed by atoms with E-state index in [2.05, 4.69) is 10.2 Å². The van der Waals surface area contributed by atoms with E-state index >= 15 is 0 Å². The molecule has 3 heterocycles. The molecule has 4 rings (SSSR count). The molecular formula is C17H22N2O3. The van der Waals surface area contributed by atoms with Gasteiger partial charge in [0.05, 0.1) is 0 Å². The fourth-order valence-corrected chi connectivity index (χ4v) is 3.75. The summed E-state index contributed by atoms with van der Waals surface area (Å²) < 4.78 is 11.3. The molecule has 1 aromatic rings. The zero-order valence-corrected chi connectivity index (χ0v) is 12.9. The second-order valence-electron chi connectivity index (χ2n) is 6.72. The number of fused-ring (bicyclic) bond motifs is 3. The van der Waals surface area contributed by atoms with Crippen LogP contribution in [0.25, 0.3) is 0 Å². The minimum absolute atomic E-state index is 0.0165. The SMILES string of the molecule is C[C@H]1COc2ccc(C(=O)N[C@@H]3C[C@@H]4CCN(C4)C3)cc2O1. The minimum atomic E-state index is -0.0165. The van der Waals surface area contributed by atoms with Gasteiger partial charge in [-0.3, -0.25) is 4.79 Å². The van der Waals surface area contributed by atoms with Gasteiger partial charge >= 0.3 is 0 Å². The first kappa shape index (κ1) is 13.9. The van der Waals surface area contributed by atoms with E-state index in [9.17, 15) is 4.79 Å². The molecule has 5 nitrogen and oxygen atoms in total. The van der Waals surface area contributed by atoms with Gasteiger partial charge in [-0.05, 0) is 50.4 Å². The third kappa shape index (κ3) is 2.65. The summed E-state index contributed by atoms with van der Waals surface area (Å²) in [5.74, 6) is 2.12. The summed E-state index contributed by atoms with van der Waals surface area (Å²) in [7, 11) is 0. The predicted molar refractivity (Wildman–Crippen MR) is 82.4 cm³/mol. The van der Waals surface area contributed by atoms with Gasteiger partial charge in [-0.15, -0.1) is 0 Å². The standard InChI is InChI=1S/C17H22N2O3/c1-11-10-21-15-3-2-13(7-16(15)22-11)17(20)18-14-6-12-4-5-19(8-12)9-14/h2-3,7,11-12,14H,4-6,8-10H2,1H3,(H,18,20)/t11-,12-,14+/m0/s1. The summed E-state index contributed by atoms with van der Waals surface area (Å²) in [4.78, 5) is 14.9. The number of rotatable bonds is 2. The van der Waals surface area contributed by atoms with Crippen LogP contribution in [-0.2, 0) is 0 Å². The molecule has 3 aliphatic heterocycles. The summed E-state index contributed by atoms with van der Waals surface area (Å²) in [6, 6.07) is 5.69. The highest BCUT2D eigenvalue weighted by atomic mass is 16.6. The van der Waals surface area contributed by atoms with Gasteiger partial charge in [0.1, 0.15) is 12.7 Å².